The van der Waals surface area contributed by atoms with Crippen LogP contribution in [0.2, 0.25) is 0 Å². The maximum absolute atomic E-state index is 11.6. The first kappa shape index (κ1) is 12.9. The van der Waals surface area contributed by atoms with Crippen molar-refractivity contribution in [1.82, 2.24) is 15.2 Å². The number of anilines is 1. The maximum atomic E-state index is 11.6. The number of carbonyl (C=O) groups is 1. The van der Waals surface area contributed by atoms with Crippen LogP contribution in [0.15, 0.2) is 36.7 Å². The molecule has 0 saturated heterocycles. The van der Waals surface area contributed by atoms with E-state index in [1.54, 1.807) is 6.07 Å². The summed E-state index contributed by atoms with van der Waals surface area (Å²) in [7, 11) is 0. The molecule has 0 saturated carbocycles. The highest BCUT2D eigenvalue weighted by Gasteiger charge is 2.07. The molecule has 1 aromatic heterocycles. The van der Waals surface area contributed by atoms with Gasteiger partial charge in [-0.15, -0.1) is 5.10 Å². The van der Waals surface area contributed by atoms with E-state index in [9.17, 15) is 4.79 Å². The number of nitrogens with two attached hydrogens (primary N) is 1. The molecule has 0 radical (unpaired) electrons. The highest BCUT2D eigenvalue weighted by molar-refractivity contribution is 5.90. The van der Waals surface area contributed by atoms with Gasteiger partial charge in [0.1, 0.15) is 5.75 Å². The number of hydrogen-bond donors (Lipinski definition) is 2. The third-order valence-corrected chi connectivity index (χ3v) is 2.29. The zero-order valence-electron chi connectivity index (χ0n) is 10.1. The van der Waals surface area contributed by atoms with E-state index in [2.05, 4.69) is 20.5 Å². The van der Waals surface area contributed by atoms with E-state index in [-0.39, 0.29) is 18.5 Å². The van der Waals surface area contributed by atoms with Gasteiger partial charge >= 0.3 is 0 Å². The molecule has 0 aliphatic carbocycles. The highest BCUT2D eigenvalue weighted by Crippen LogP contribution is 2.16. The molecule has 0 aliphatic rings. The summed E-state index contributed by atoms with van der Waals surface area (Å²) in [5.74, 6) is 0.371. The minimum atomic E-state index is -0.361. The molecule has 98 valence electrons. The first-order valence-electron chi connectivity index (χ1n) is 5.64. The summed E-state index contributed by atoms with van der Waals surface area (Å²) in [6.45, 7) is 0.207. The molecule has 0 unspecified atom stereocenters. The molecule has 0 fully saturated rings. The number of ether oxygens (including phenoxy) is 1. The van der Waals surface area contributed by atoms with E-state index in [1.165, 1.54) is 12.4 Å². The van der Waals surface area contributed by atoms with Gasteiger partial charge in [-0.3, -0.25) is 10.1 Å². The van der Waals surface area contributed by atoms with E-state index in [1.807, 2.05) is 18.2 Å². The Bertz CT molecular complexity index is 547. The standard InChI is InChI=1S/C12H13N5O2/c13-7-9-3-1-2-4-10(9)19-8-11(18)16-12-14-5-6-15-17-12/h1-6H,7-8,13H2,(H,14,16,17,18). The number of benzene rings is 1. The van der Waals surface area contributed by atoms with Crippen LogP contribution in [-0.2, 0) is 11.3 Å². The van der Waals surface area contributed by atoms with Crippen LogP contribution in [-0.4, -0.2) is 27.7 Å². The molecule has 2 rings (SSSR count). The van der Waals surface area contributed by atoms with Crippen LogP contribution in [0, 0.1) is 0 Å². The fraction of sp³-hybridized carbons (Fsp3) is 0.167. The zero-order chi connectivity index (χ0) is 13.5. The van der Waals surface area contributed by atoms with Crippen LogP contribution in [0.4, 0.5) is 5.95 Å². The fourth-order valence-electron chi connectivity index (χ4n) is 1.42. The van der Waals surface area contributed by atoms with Crippen LogP contribution < -0.4 is 15.8 Å². The van der Waals surface area contributed by atoms with Gasteiger partial charge in [0.15, 0.2) is 6.61 Å². The second kappa shape index (κ2) is 6.41. The summed E-state index contributed by atoms with van der Waals surface area (Å²) in [6.07, 6.45) is 2.86. The van der Waals surface area contributed by atoms with Crippen molar-refractivity contribution in [2.24, 2.45) is 5.73 Å². The molecule has 0 bridgehead atoms. The summed E-state index contributed by atoms with van der Waals surface area (Å²) in [6, 6.07) is 7.28. The number of hydrogen-bond acceptors (Lipinski definition) is 6. The number of carbonyl (C=O) groups excluding carboxylic acids is 1. The Hall–Kier alpha value is -2.54. The quantitative estimate of drug-likeness (QED) is 0.803. The monoisotopic (exact) mass is 259 g/mol. The van der Waals surface area contributed by atoms with Gasteiger partial charge in [-0.05, 0) is 6.07 Å². The van der Waals surface area contributed by atoms with Crippen molar-refractivity contribution in [2.45, 2.75) is 6.54 Å². The van der Waals surface area contributed by atoms with Crippen LogP contribution in [0.3, 0.4) is 0 Å². The lowest BCUT2D eigenvalue weighted by atomic mass is 10.2. The fourth-order valence-corrected chi connectivity index (χ4v) is 1.42. The minimum absolute atomic E-state index is 0.142. The molecular formula is C12H13N5O2. The number of rotatable bonds is 5. The maximum Gasteiger partial charge on any atom is 0.264 e. The van der Waals surface area contributed by atoms with E-state index in [0.717, 1.165) is 5.56 Å². The Kier molecular flexibility index (Phi) is 4.35. The number of amides is 1. The van der Waals surface area contributed by atoms with Gasteiger partial charge in [0.25, 0.3) is 5.91 Å². The summed E-state index contributed by atoms with van der Waals surface area (Å²) >= 11 is 0. The first-order chi connectivity index (χ1) is 9.29. The molecule has 0 aliphatic heterocycles. The largest absolute Gasteiger partial charge is 0.483 e. The van der Waals surface area contributed by atoms with Crippen molar-refractivity contribution < 1.29 is 9.53 Å². The average Bonchev–Trinajstić information content (AvgIpc) is 2.46. The number of aromatic nitrogens is 3. The molecule has 3 N–H and O–H groups in total. The van der Waals surface area contributed by atoms with Gasteiger partial charge in [0.2, 0.25) is 5.95 Å². The predicted octanol–water partition coefficient (Wildman–Crippen LogP) is 0.348. The lowest BCUT2D eigenvalue weighted by Gasteiger charge is -2.09. The molecule has 7 heteroatoms. The molecule has 1 amide bonds. The topological polar surface area (TPSA) is 103 Å². The van der Waals surface area contributed by atoms with E-state index in [0.29, 0.717) is 12.3 Å². The second-order valence-electron chi connectivity index (χ2n) is 3.62. The van der Waals surface area contributed by atoms with Crippen molar-refractivity contribution in [3.05, 3.63) is 42.2 Å². The molecule has 1 aromatic carbocycles. The Morgan fingerprint density at radius 1 is 1.32 bits per heavy atom. The normalized spacial score (nSPS) is 9.95. The van der Waals surface area contributed by atoms with Crippen molar-refractivity contribution in [3.8, 4) is 5.75 Å². The third kappa shape index (κ3) is 3.71. The van der Waals surface area contributed by atoms with Gasteiger partial charge < -0.3 is 10.5 Å². The minimum Gasteiger partial charge on any atom is -0.483 e. The molecule has 0 spiro atoms. The van der Waals surface area contributed by atoms with Crippen LogP contribution in [0.25, 0.3) is 0 Å². The molecule has 2 aromatic rings. The lowest BCUT2D eigenvalue weighted by molar-refractivity contribution is -0.118. The van der Waals surface area contributed by atoms with Crippen molar-refractivity contribution in [1.29, 1.82) is 0 Å². The average molecular weight is 259 g/mol. The van der Waals surface area contributed by atoms with E-state index < -0.39 is 0 Å². The van der Waals surface area contributed by atoms with Gasteiger partial charge in [-0.25, -0.2) is 4.98 Å². The third-order valence-electron chi connectivity index (χ3n) is 2.29. The van der Waals surface area contributed by atoms with Gasteiger partial charge in [0.05, 0.1) is 12.4 Å². The molecule has 0 atom stereocenters. The van der Waals surface area contributed by atoms with Crippen LogP contribution in [0.5, 0.6) is 5.75 Å². The summed E-state index contributed by atoms with van der Waals surface area (Å²) in [5, 5.41) is 9.71. The number of para-hydroxylation sites is 1. The smallest absolute Gasteiger partial charge is 0.264 e. The van der Waals surface area contributed by atoms with E-state index >= 15 is 0 Å². The number of nitrogens with zero attached hydrogens (tertiary/aromatic N) is 3. The Morgan fingerprint density at radius 3 is 2.89 bits per heavy atom. The van der Waals surface area contributed by atoms with Crippen molar-refractivity contribution >= 4 is 11.9 Å². The predicted molar refractivity (Wildman–Crippen MR) is 68.3 cm³/mol. The van der Waals surface area contributed by atoms with Gasteiger partial charge in [-0.2, -0.15) is 5.10 Å². The Balaban J connectivity index is 1.90. The van der Waals surface area contributed by atoms with Crippen molar-refractivity contribution in [2.75, 3.05) is 11.9 Å². The highest BCUT2D eigenvalue weighted by atomic mass is 16.5. The summed E-state index contributed by atoms with van der Waals surface area (Å²) in [5.41, 5.74) is 6.41. The SMILES string of the molecule is NCc1ccccc1OCC(=O)Nc1nccnn1. The Morgan fingerprint density at radius 2 is 2.16 bits per heavy atom. The number of nitrogens with one attached hydrogen (secondary N) is 1. The molecule has 19 heavy (non-hydrogen) atoms. The van der Waals surface area contributed by atoms with Crippen LogP contribution >= 0.6 is 0 Å². The van der Waals surface area contributed by atoms with Crippen LogP contribution in [0.1, 0.15) is 5.56 Å². The first-order valence-corrected chi connectivity index (χ1v) is 5.64. The van der Waals surface area contributed by atoms with Gasteiger partial charge in [0, 0.05) is 12.1 Å². The summed E-state index contributed by atoms with van der Waals surface area (Å²) in [4.78, 5) is 15.4. The molecule has 1 heterocycles. The Labute approximate surface area is 109 Å². The van der Waals surface area contributed by atoms with Gasteiger partial charge in [-0.1, -0.05) is 18.2 Å². The molecule has 7 nitrogen and oxygen atoms in total. The second-order valence-corrected chi connectivity index (χ2v) is 3.62. The summed E-state index contributed by atoms with van der Waals surface area (Å²) < 4.78 is 5.39. The van der Waals surface area contributed by atoms with Crippen molar-refractivity contribution in [3.63, 3.8) is 0 Å². The lowest BCUT2D eigenvalue weighted by Crippen LogP contribution is -2.22. The molecular weight excluding hydrogens is 246 g/mol. The van der Waals surface area contributed by atoms with E-state index in [4.69, 9.17) is 10.5 Å². The zero-order valence-corrected chi connectivity index (χ0v) is 10.1.